The van der Waals surface area contributed by atoms with Crippen molar-refractivity contribution in [2.45, 2.75) is 251 Å². The molecule has 394 valence electrons. The zero-order chi connectivity index (χ0) is 49.9. The predicted molar refractivity (Wildman–Crippen MR) is 286 cm³/mol. The molecule has 0 fully saturated rings. The minimum absolute atomic E-state index is 0.183. The van der Waals surface area contributed by atoms with Crippen LogP contribution in [0.2, 0.25) is 0 Å². The number of nitrogens with zero attached hydrogens (tertiary/aromatic N) is 1. The first kappa shape index (κ1) is 65.0. The lowest BCUT2D eigenvalue weighted by molar-refractivity contribution is -0.870. The Labute approximate surface area is 418 Å². The Morgan fingerprint density at radius 3 is 1.25 bits per heavy atom. The van der Waals surface area contributed by atoms with Gasteiger partial charge < -0.3 is 28.5 Å². The van der Waals surface area contributed by atoms with E-state index in [1.165, 1.54) is 128 Å². The molecule has 0 amide bonds. The Balaban J connectivity index is 4.28. The maximum absolute atomic E-state index is 12.9. The van der Waals surface area contributed by atoms with Crippen LogP contribution in [0.25, 0.3) is 0 Å². The third kappa shape index (κ3) is 50.9. The quantitative estimate of drug-likeness (QED) is 0.0211. The molecule has 0 heterocycles. The molecule has 0 saturated heterocycles. The SMILES string of the molecule is CC/C=C\C/C=C\C/C=C\C/C=C\C/C=C\CCCCCCCCCCCC(=O)OC(COC(=O)CCCCCCCCCCCCCCCCCCCC)COC(OCC[N+](C)(C)C)C(=O)O. The number of unbranched alkanes of at least 4 members (excludes halogenated alkanes) is 26. The molecule has 68 heavy (non-hydrogen) atoms. The zero-order valence-electron chi connectivity index (χ0n) is 44.8. The fourth-order valence-corrected chi connectivity index (χ4v) is 7.75. The van der Waals surface area contributed by atoms with Gasteiger partial charge in [0.2, 0.25) is 0 Å². The van der Waals surface area contributed by atoms with Gasteiger partial charge in [-0.05, 0) is 57.8 Å². The molecule has 0 aliphatic heterocycles. The highest BCUT2D eigenvalue weighted by Crippen LogP contribution is 2.16. The van der Waals surface area contributed by atoms with E-state index < -0.39 is 24.3 Å². The molecule has 0 aromatic heterocycles. The average molecular weight is 957 g/mol. The molecule has 0 saturated carbocycles. The van der Waals surface area contributed by atoms with Crippen molar-refractivity contribution in [2.24, 2.45) is 0 Å². The number of likely N-dealkylation sites (N-methyl/N-ethyl adjacent to an activating group) is 1. The van der Waals surface area contributed by atoms with Crippen LogP contribution in [-0.2, 0) is 33.3 Å². The van der Waals surface area contributed by atoms with Gasteiger partial charge in [0.15, 0.2) is 6.10 Å². The van der Waals surface area contributed by atoms with Gasteiger partial charge >= 0.3 is 17.9 Å². The number of aliphatic carboxylic acids is 1. The molecule has 2 unspecified atom stereocenters. The number of rotatable bonds is 51. The lowest BCUT2D eigenvalue weighted by atomic mass is 10.0. The summed E-state index contributed by atoms with van der Waals surface area (Å²) in [6.45, 7) is 4.78. The summed E-state index contributed by atoms with van der Waals surface area (Å²) in [7, 11) is 5.97. The minimum Gasteiger partial charge on any atom is -0.477 e. The van der Waals surface area contributed by atoms with Crippen molar-refractivity contribution in [3.63, 3.8) is 0 Å². The van der Waals surface area contributed by atoms with Crippen molar-refractivity contribution in [1.82, 2.24) is 0 Å². The van der Waals surface area contributed by atoms with Gasteiger partial charge in [0.05, 0.1) is 34.4 Å². The van der Waals surface area contributed by atoms with Crippen LogP contribution >= 0.6 is 0 Å². The van der Waals surface area contributed by atoms with Crippen molar-refractivity contribution < 1.29 is 42.9 Å². The predicted octanol–water partition coefficient (Wildman–Crippen LogP) is 16.1. The minimum atomic E-state index is -1.51. The largest absolute Gasteiger partial charge is 0.477 e. The number of carboxylic acid groups (broad SMARTS) is 1. The van der Waals surface area contributed by atoms with Crippen LogP contribution in [0.5, 0.6) is 0 Å². The molecule has 0 rings (SSSR count). The molecular formula is C59H106NO8+. The highest BCUT2D eigenvalue weighted by molar-refractivity contribution is 5.71. The first-order valence-electron chi connectivity index (χ1n) is 28.0. The number of carbonyl (C=O) groups excluding carboxylic acids is 2. The van der Waals surface area contributed by atoms with E-state index in [4.69, 9.17) is 18.9 Å². The number of carbonyl (C=O) groups is 3. The van der Waals surface area contributed by atoms with E-state index in [1.54, 1.807) is 0 Å². The third-order valence-corrected chi connectivity index (χ3v) is 12.0. The molecular weight excluding hydrogens is 851 g/mol. The van der Waals surface area contributed by atoms with Gasteiger partial charge in [-0.25, -0.2) is 4.79 Å². The van der Waals surface area contributed by atoms with Crippen LogP contribution in [0.4, 0.5) is 0 Å². The van der Waals surface area contributed by atoms with Gasteiger partial charge in [-0.1, -0.05) is 229 Å². The Morgan fingerprint density at radius 2 is 0.838 bits per heavy atom. The number of allylic oxidation sites excluding steroid dienone is 10. The number of hydrogen-bond donors (Lipinski definition) is 1. The van der Waals surface area contributed by atoms with Crippen molar-refractivity contribution in [2.75, 3.05) is 47.5 Å². The molecule has 0 spiro atoms. The lowest BCUT2D eigenvalue weighted by Gasteiger charge is -2.25. The van der Waals surface area contributed by atoms with E-state index in [-0.39, 0.29) is 32.2 Å². The fourth-order valence-electron chi connectivity index (χ4n) is 7.75. The van der Waals surface area contributed by atoms with Crippen LogP contribution in [-0.4, -0.2) is 87.4 Å². The van der Waals surface area contributed by atoms with Crippen LogP contribution in [0, 0.1) is 0 Å². The Bertz CT molecular complexity index is 1300. The van der Waals surface area contributed by atoms with E-state index in [0.29, 0.717) is 23.9 Å². The van der Waals surface area contributed by atoms with Gasteiger partial charge in [-0.3, -0.25) is 9.59 Å². The second kappa shape index (κ2) is 50.4. The molecule has 9 nitrogen and oxygen atoms in total. The summed E-state index contributed by atoms with van der Waals surface area (Å²) in [5.74, 6) is -2.01. The summed E-state index contributed by atoms with van der Waals surface area (Å²) in [5.41, 5.74) is 0. The normalized spacial score (nSPS) is 13.2. The molecule has 1 N–H and O–H groups in total. The van der Waals surface area contributed by atoms with Crippen molar-refractivity contribution in [3.8, 4) is 0 Å². The highest BCUT2D eigenvalue weighted by atomic mass is 16.7. The summed E-state index contributed by atoms with van der Waals surface area (Å²) in [5, 5.41) is 9.69. The van der Waals surface area contributed by atoms with Gasteiger partial charge in [0.25, 0.3) is 6.29 Å². The Hall–Kier alpha value is -3.01. The molecule has 0 aliphatic rings. The summed E-state index contributed by atoms with van der Waals surface area (Å²) in [4.78, 5) is 37.4. The number of quaternary nitrogens is 1. The zero-order valence-corrected chi connectivity index (χ0v) is 44.8. The summed E-state index contributed by atoms with van der Waals surface area (Å²) in [6.07, 6.45) is 60.0. The summed E-state index contributed by atoms with van der Waals surface area (Å²) >= 11 is 0. The van der Waals surface area contributed by atoms with Crippen LogP contribution in [0.15, 0.2) is 60.8 Å². The van der Waals surface area contributed by atoms with Gasteiger partial charge in [-0.15, -0.1) is 0 Å². The van der Waals surface area contributed by atoms with Crippen LogP contribution in [0.1, 0.15) is 239 Å². The van der Waals surface area contributed by atoms with Gasteiger partial charge in [0, 0.05) is 12.8 Å². The molecule has 0 aromatic carbocycles. The van der Waals surface area contributed by atoms with Crippen molar-refractivity contribution in [3.05, 3.63) is 60.8 Å². The van der Waals surface area contributed by atoms with Crippen molar-refractivity contribution in [1.29, 1.82) is 0 Å². The van der Waals surface area contributed by atoms with Gasteiger partial charge in [0.1, 0.15) is 13.2 Å². The smallest absolute Gasteiger partial charge is 0.361 e. The van der Waals surface area contributed by atoms with E-state index in [1.807, 2.05) is 21.1 Å². The summed E-state index contributed by atoms with van der Waals surface area (Å²) < 4.78 is 22.9. The summed E-state index contributed by atoms with van der Waals surface area (Å²) in [6, 6.07) is 0. The van der Waals surface area contributed by atoms with E-state index in [2.05, 4.69) is 74.6 Å². The second-order valence-electron chi connectivity index (χ2n) is 19.9. The molecule has 0 aromatic rings. The topological polar surface area (TPSA) is 108 Å². The maximum atomic E-state index is 12.9. The molecule has 2 atom stereocenters. The monoisotopic (exact) mass is 957 g/mol. The second-order valence-corrected chi connectivity index (χ2v) is 19.9. The molecule has 9 heteroatoms. The molecule has 0 bridgehead atoms. The lowest BCUT2D eigenvalue weighted by Crippen LogP contribution is -2.40. The Morgan fingerprint density at radius 1 is 0.456 bits per heavy atom. The fraction of sp³-hybridized carbons (Fsp3) is 0.780. The standard InChI is InChI=1S/C59H105NO8/c1-6-8-10-12-14-16-18-20-22-24-26-27-28-29-30-31-32-34-36-38-40-42-44-46-48-50-57(62)68-55(54-67-59(58(63)64)65-52-51-60(3,4)5)53-66-56(61)49-47-45-43-41-39-37-35-33-25-23-21-19-17-15-13-11-9-7-2/h8,10,14,16,20,22,26-27,29-30,55,59H,6-7,9,11-13,15,17-19,21,23-25,28,31-54H2,1-5H3/p+1/b10-8-,16-14-,22-20-,27-26-,30-29-. The number of carboxylic acids is 1. The van der Waals surface area contributed by atoms with E-state index >= 15 is 0 Å². The number of hydrogen-bond acceptors (Lipinski definition) is 7. The number of ether oxygens (including phenoxy) is 4. The van der Waals surface area contributed by atoms with Gasteiger partial charge in [-0.2, -0.15) is 0 Å². The van der Waals surface area contributed by atoms with E-state index in [0.717, 1.165) is 77.0 Å². The Kier molecular flexibility index (Phi) is 48.2. The van der Waals surface area contributed by atoms with Crippen molar-refractivity contribution >= 4 is 17.9 Å². The molecule has 0 aliphatic carbocycles. The average Bonchev–Trinajstić information content (AvgIpc) is 3.30. The third-order valence-electron chi connectivity index (χ3n) is 12.0. The number of esters is 2. The molecule has 0 radical (unpaired) electrons. The first-order chi connectivity index (χ1) is 33.1. The first-order valence-corrected chi connectivity index (χ1v) is 28.0. The maximum Gasteiger partial charge on any atom is 0.361 e. The van der Waals surface area contributed by atoms with Crippen LogP contribution in [0.3, 0.4) is 0 Å². The van der Waals surface area contributed by atoms with E-state index in [9.17, 15) is 19.5 Å². The van der Waals surface area contributed by atoms with Crippen LogP contribution < -0.4 is 0 Å². The highest BCUT2D eigenvalue weighted by Gasteiger charge is 2.25.